The summed E-state index contributed by atoms with van der Waals surface area (Å²) in [6.07, 6.45) is -0.00824. The van der Waals surface area contributed by atoms with Gasteiger partial charge >= 0.3 is 5.97 Å². The summed E-state index contributed by atoms with van der Waals surface area (Å²) in [6.45, 7) is 0. The molecule has 2 unspecified atom stereocenters. The quantitative estimate of drug-likeness (QED) is 0.733. The van der Waals surface area contributed by atoms with Crippen LogP contribution in [-0.2, 0) is 4.79 Å². The standard InChI is InChI=1S/C16H15NO4/c18-13-9-5-4-8-12(13)10-17-14(16(20)21)15(19)11-6-2-1-3-7-11/h1-10,14-15,18-19H,(H,20,21). The van der Waals surface area contributed by atoms with E-state index in [1.54, 1.807) is 48.5 Å². The van der Waals surface area contributed by atoms with Crippen molar-refractivity contribution in [3.05, 3.63) is 65.7 Å². The first kappa shape index (κ1) is 14.7. The van der Waals surface area contributed by atoms with Gasteiger partial charge in [-0.2, -0.15) is 0 Å². The molecule has 0 radical (unpaired) electrons. The minimum atomic E-state index is -1.34. The van der Waals surface area contributed by atoms with Crippen LogP contribution in [0.2, 0.25) is 0 Å². The third-order valence-corrected chi connectivity index (χ3v) is 3.00. The van der Waals surface area contributed by atoms with Crippen LogP contribution in [0.4, 0.5) is 0 Å². The van der Waals surface area contributed by atoms with E-state index >= 15 is 0 Å². The maximum atomic E-state index is 11.3. The molecule has 0 aliphatic carbocycles. The fraction of sp³-hybridized carbons (Fsp3) is 0.125. The summed E-state index contributed by atoms with van der Waals surface area (Å²) in [7, 11) is 0. The monoisotopic (exact) mass is 285 g/mol. The van der Waals surface area contributed by atoms with Crippen LogP contribution in [0.5, 0.6) is 5.75 Å². The van der Waals surface area contributed by atoms with E-state index in [1.165, 1.54) is 12.3 Å². The summed E-state index contributed by atoms with van der Waals surface area (Å²) < 4.78 is 0. The lowest BCUT2D eigenvalue weighted by atomic mass is 10.0. The lowest BCUT2D eigenvalue weighted by Crippen LogP contribution is -2.26. The van der Waals surface area contributed by atoms with Gasteiger partial charge in [0.1, 0.15) is 11.9 Å². The zero-order valence-corrected chi connectivity index (χ0v) is 11.1. The van der Waals surface area contributed by atoms with Gasteiger partial charge in [-0.3, -0.25) is 4.99 Å². The second kappa shape index (κ2) is 6.67. The number of hydrogen-bond donors (Lipinski definition) is 3. The number of carboxylic acids is 1. The number of phenols is 1. The summed E-state index contributed by atoms with van der Waals surface area (Å²) in [5.41, 5.74) is 0.864. The molecular formula is C16H15NO4. The zero-order valence-electron chi connectivity index (χ0n) is 11.1. The highest BCUT2D eigenvalue weighted by molar-refractivity contribution is 5.86. The SMILES string of the molecule is O=C(O)C(N=Cc1ccccc1O)C(O)c1ccccc1. The maximum Gasteiger partial charge on any atom is 0.331 e. The van der Waals surface area contributed by atoms with E-state index < -0.39 is 18.1 Å². The molecule has 21 heavy (non-hydrogen) atoms. The molecule has 0 spiro atoms. The Morgan fingerprint density at radius 1 is 1.05 bits per heavy atom. The first-order chi connectivity index (χ1) is 10.1. The van der Waals surface area contributed by atoms with Crippen LogP contribution in [0.3, 0.4) is 0 Å². The smallest absolute Gasteiger partial charge is 0.331 e. The predicted molar refractivity (Wildman–Crippen MR) is 78.5 cm³/mol. The number of hydrogen-bond acceptors (Lipinski definition) is 4. The molecule has 0 heterocycles. The molecule has 3 N–H and O–H groups in total. The van der Waals surface area contributed by atoms with Crippen LogP contribution >= 0.6 is 0 Å². The second-order valence-corrected chi connectivity index (χ2v) is 4.48. The number of para-hydroxylation sites is 1. The lowest BCUT2D eigenvalue weighted by Gasteiger charge is -2.15. The van der Waals surface area contributed by atoms with Gasteiger partial charge in [-0.05, 0) is 17.7 Å². The average Bonchev–Trinajstić information content (AvgIpc) is 2.49. The second-order valence-electron chi connectivity index (χ2n) is 4.48. The minimum absolute atomic E-state index is 0.000380. The average molecular weight is 285 g/mol. The molecule has 0 aromatic heterocycles. The number of rotatable bonds is 5. The van der Waals surface area contributed by atoms with Crippen molar-refractivity contribution in [3.8, 4) is 5.75 Å². The number of aliphatic carboxylic acids is 1. The molecule has 5 heteroatoms. The highest BCUT2D eigenvalue weighted by atomic mass is 16.4. The van der Waals surface area contributed by atoms with Crippen molar-refractivity contribution < 1.29 is 20.1 Å². The van der Waals surface area contributed by atoms with Crippen molar-refractivity contribution in [3.63, 3.8) is 0 Å². The van der Waals surface area contributed by atoms with Gasteiger partial charge in [0.25, 0.3) is 0 Å². The number of benzene rings is 2. The van der Waals surface area contributed by atoms with Gasteiger partial charge in [0.15, 0.2) is 6.04 Å². The van der Waals surface area contributed by atoms with E-state index in [-0.39, 0.29) is 5.75 Å². The Morgan fingerprint density at radius 3 is 2.29 bits per heavy atom. The molecule has 2 rings (SSSR count). The molecule has 2 aromatic carbocycles. The Bertz CT molecular complexity index is 640. The molecule has 5 nitrogen and oxygen atoms in total. The van der Waals surface area contributed by atoms with Gasteiger partial charge in [0.2, 0.25) is 0 Å². The van der Waals surface area contributed by atoms with Gasteiger partial charge in [-0.1, -0.05) is 42.5 Å². The number of aromatic hydroxyl groups is 1. The molecule has 0 fully saturated rings. The van der Waals surface area contributed by atoms with Gasteiger partial charge in [-0.25, -0.2) is 4.79 Å². The Labute approximate surface area is 121 Å². The van der Waals surface area contributed by atoms with E-state index in [9.17, 15) is 20.1 Å². The van der Waals surface area contributed by atoms with Crippen LogP contribution in [0.15, 0.2) is 59.6 Å². The van der Waals surface area contributed by atoms with Crippen molar-refractivity contribution in [1.82, 2.24) is 0 Å². The molecule has 0 saturated heterocycles. The van der Waals surface area contributed by atoms with Crippen molar-refractivity contribution in [2.24, 2.45) is 4.99 Å². The molecule has 0 aliphatic heterocycles. The summed E-state index contributed by atoms with van der Waals surface area (Å²) in [5, 5.41) is 29.0. The Kier molecular flexibility index (Phi) is 4.68. The minimum Gasteiger partial charge on any atom is -0.507 e. The van der Waals surface area contributed by atoms with Crippen LogP contribution in [0, 0.1) is 0 Å². The number of carboxylic acid groups (broad SMARTS) is 1. The number of phenolic OH excluding ortho intramolecular Hbond substituents is 1. The molecule has 0 amide bonds. The maximum absolute atomic E-state index is 11.3. The topological polar surface area (TPSA) is 90.1 Å². The molecule has 2 atom stereocenters. The van der Waals surface area contributed by atoms with Crippen molar-refractivity contribution in [1.29, 1.82) is 0 Å². The molecular weight excluding hydrogens is 270 g/mol. The predicted octanol–water partition coefficient (Wildman–Crippen LogP) is 2.00. The lowest BCUT2D eigenvalue weighted by molar-refractivity contribution is -0.141. The zero-order chi connectivity index (χ0) is 15.2. The fourth-order valence-electron chi connectivity index (χ4n) is 1.87. The van der Waals surface area contributed by atoms with E-state index in [0.717, 1.165) is 0 Å². The van der Waals surface area contributed by atoms with E-state index in [4.69, 9.17) is 0 Å². The van der Waals surface area contributed by atoms with Crippen LogP contribution in [-0.4, -0.2) is 33.5 Å². The first-order valence-corrected chi connectivity index (χ1v) is 6.36. The Balaban J connectivity index is 2.24. The van der Waals surface area contributed by atoms with Gasteiger partial charge in [0.05, 0.1) is 0 Å². The van der Waals surface area contributed by atoms with E-state index in [1.807, 2.05) is 0 Å². The van der Waals surface area contributed by atoms with Crippen molar-refractivity contribution in [2.75, 3.05) is 0 Å². The normalized spacial score (nSPS) is 14.0. The van der Waals surface area contributed by atoms with Crippen molar-refractivity contribution in [2.45, 2.75) is 12.1 Å². The Morgan fingerprint density at radius 2 is 1.67 bits per heavy atom. The van der Waals surface area contributed by atoms with Crippen molar-refractivity contribution >= 4 is 12.2 Å². The largest absolute Gasteiger partial charge is 0.507 e. The summed E-state index contributed by atoms with van der Waals surface area (Å²) in [5.74, 6) is -1.24. The number of aliphatic hydroxyl groups is 1. The molecule has 0 bridgehead atoms. The van der Waals surface area contributed by atoms with E-state index in [0.29, 0.717) is 11.1 Å². The third-order valence-electron chi connectivity index (χ3n) is 3.00. The van der Waals surface area contributed by atoms with Gasteiger partial charge in [-0.15, -0.1) is 0 Å². The molecule has 108 valence electrons. The highest BCUT2D eigenvalue weighted by Gasteiger charge is 2.26. The third kappa shape index (κ3) is 3.67. The first-order valence-electron chi connectivity index (χ1n) is 6.36. The highest BCUT2D eigenvalue weighted by Crippen LogP contribution is 2.20. The number of nitrogens with zero attached hydrogens (tertiary/aromatic N) is 1. The van der Waals surface area contributed by atoms with E-state index in [2.05, 4.69) is 4.99 Å². The van der Waals surface area contributed by atoms with Crippen LogP contribution < -0.4 is 0 Å². The summed E-state index contributed by atoms with van der Waals surface area (Å²) in [6, 6.07) is 13.6. The number of aliphatic hydroxyl groups excluding tert-OH is 1. The molecule has 0 saturated carbocycles. The van der Waals surface area contributed by atoms with Crippen LogP contribution in [0.1, 0.15) is 17.2 Å². The molecule has 2 aromatic rings. The van der Waals surface area contributed by atoms with Gasteiger partial charge in [0, 0.05) is 11.8 Å². The Hall–Kier alpha value is -2.66. The number of aliphatic imine (C=N–C) groups is 1. The molecule has 0 aliphatic rings. The summed E-state index contributed by atoms with van der Waals surface area (Å²) in [4.78, 5) is 15.2. The number of carbonyl (C=O) groups is 1. The summed E-state index contributed by atoms with van der Waals surface area (Å²) >= 11 is 0. The van der Waals surface area contributed by atoms with Crippen LogP contribution in [0.25, 0.3) is 0 Å². The fourth-order valence-corrected chi connectivity index (χ4v) is 1.87. The van der Waals surface area contributed by atoms with Gasteiger partial charge < -0.3 is 15.3 Å².